The van der Waals surface area contributed by atoms with E-state index in [9.17, 15) is 4.79 Å². The highest BCUT2D eigenvalue weighted by atomic mass is 16.5. The zero-order valence-corrected chi connectivity index (χ0v) is 9.32. The van der Waals surface area contributed by atoms with Gasteiger partial charge in [0.25, 0.3) is 5.56 Å². The number of hydrogen-bond donors (Lipinski definition) is 1. The van der Waals surface area contributed by atoms with E-state index in [1.165, 1.54) is 0 Å². The van der Waals surface area contributed by atoms with Gasteiger partial charge in [-0.25, -0.2) is 0 Å². The van der Waals surface area contributed by atoms with Crippen molar-refractivity contribution >= 4 is 10.8 Å². The van der Waals surface area contributed by atoms with Crippen molar-refractivity contribution in [1.82, 2.24) is 4.98 Å². The molecule has 3 nitrogen and oxygen atoms in total. The highest BCUT2D eigenvalue weighted by Crippen LogP contribution is 2.17. The molecule has 84 valence electrons. The maximum Gasteiger partial charge on any atom is 0.255 e. The highest BCUT2D eigenvalue weighted by molar-refractivity contribution is 5.82. The van der Waals surface area contributed by atoms with Crippen molar-refractivity contribution in [3.63, 3.8) is 0 Å². The molecule has 0 saturated heterocycles. The minimum atomic E-state index is -0.0578. The van der Waals surface area contributed by atoms with Gasteiger partial charge in [0.05, 0.1) is 6.61 Å². The number of aromatic nitrogens is 1. The van der Waals surface area contributed by atoms with Gasteiger partial charge in [0, 0.05) is 11.6 Å². The van der Waals surface area contributed by atoms with Crippen LogP contribution in [0, 0.1) is 0 Å². The predicted molar refractivity (Wildman–Crippen MR) is 65.0 cm³/mol. The molecule has 0 spiro atoms. The molecular weight excluding hydrogens is 202 g/mol. The van der Waals surface area contributed by atoms with Gasteiger partial charge in [-0.2, -0.15) is 0 Å². The van der Waals surface area contributed by atoms with Crippen molar-refractivity contribution in [3.8, 4) is 5.75 Å². The zero-order valence-electron chi connectivity index (χ0n) is 9.32. The van der Waals surface area contributed by atoms with Crippen LogP contribution in [0.1, 0.15) is 19.8 Å². The van der Waals surface area contributed by atoms with E-state index < -0.39 is 0 Å². The molecule has 0 unspecified atom stereocenters. The van der Waals surface area contributed by atoms with E-state index in [4.69, 9.17) is 4.74 Å². The number of benzene rings is 1. The Bertz CT molecular complexity index is 531. The van der Waals surface area contributed by atoms with Crippen LogP contribution in [0.4, 0.5) is 0 Å². The summed E-state index contributed by atoms with van der Waals surface area (Å²) < 4.78 is 5.58. The minimum Gasteiger partial charge on any atom is -0.494 e. The number of fused-ring (bicyclic) bond motifs is 1. The summed E-state index contributed by atoms with van der Waals surface area (Å²) in [7, 11) is 0. The molecule has 0 saturated carbocycles. The molecule has 0 amide bonds. The average Bonchev–Trinajstić information content (AvgIpc) is 2.30. The van der Waals surface area contributed by atoms with Crippen molar-refractivity contribution in [3.05, 3.63) is 40.8 Å². The van der Waals surface area contributed by atoms with E-state index >= 15 is 0 Å². The van der Waals surface area contributed by atoms with Gasteiger partial charge in [0.15, 0.2) is 0 Å². The second-order valence-electron chi connectivity index (χ2n) is 3.76. The number of nitrogens with one attached hydrogen (secondary N) is 1. The van der Waals surface area contributed by atoms with E-state index in [-0.39, 0.29) is 5.56 Å². The normalized spacial score (nSPS) is 10.6. The van der Waals surface area contributed by atoms with Crippen LogP contribution in [-0.4, -0.2) is 11.6 Å². The van der Waals surface area contributed by atoms with Crippen molar-refractivity contribution in [1.29, 1.82) is 0 Å². The lowest BCUT2D eigenvalue weighted by Crippen LogP contribution is -2.04. The Morgan fingerprint density at radius 3 is 3.00 bits per heavy atom. The molecule has 1 heterocycles. The first-order valence-corrected chi connectivity index (χ1v) is 5.55. The van der Waals surface area contributed by atoms with Crippen LogP contribution < -0.4 is 10.3 Å². The van der Waals surface area contributed by atoms with Gasteiger partial charge in [-0.05, 0) is 36.1 Å². The first kappa shape index (κ1) is 10.7. The first-order chi connectivity index (χ1) is 7.81. The number of H-pyrrole nitrogens is 1. The number of ether oxygens (including phenoxy) is 1. The molecule has 1 aromatic heterocycles. The van der Waals surface area contributed by atoms with Crippen molar-refractivity contribution in [2.75, 3.05) is 6.61 Å². The van der Waals surface area contributed by atoms with Crippen LogP contribution in [0.5, 0.6) is 5.75 Å². The maximum absolute atomic E-state index is 11.5. The number of aromatic amines is 1. The molecule has 1 N–H and O–H groups in total. The Balaban J connectivity index is 2.27. The van der Waals surface area contributed by atoms with Crippen molar-refractivity contribution in [2.24, 2.45) is 0 Å². The summed E-state index contributed by atoms with van der Waals surface area (Å²) in [6.45, 7) is 2.86. The quantitative estimate of drug-likeness (QED) is 0.800. The Kier molecular flexibility index (Phi) is 3.25. The van der Waals surface area contributed by atoms with Gasteiger partial charge in [-0.3, -0.25) is 4.79 Å². The monoisotopic (exact) mass is 217 g/mol. The highest BCUT2D eigenvalue weighted by Gasteiger charge is 1.99. The van der Waals surface area contributed by atoms with E-state index in [1.807, 2.05) is 18.2 Å². The molecule has 0 fully saturated rings. The lowest BCUT2D eigenvalue weighted by atomic mass is 10.2. The molecule has 16 heavy (non-hydrogen) atoms. The minimum absolute atomic E-state index is 0.0578. The second kappa shape index (κ2) is 4.84. The van der Waals surface area contributed by atoms with E-state index in [0.717, 1.165) is 30.6 Å². The van der Waals surface area contributed by atoms with Gasteiger partial charge in [0.1, 0.15) is 5.75 Å². The summed E-state index contributed by atoms with van der Waals surface area (Å²) in [5, 5.41) is 1.61. The van der Waals surface area contributed by atoms with E-state index in [1.54, 1.807) is 12.3 Å². The third kappa shape index (κ3) is 2.24. The standard InChI is InChI=1S/C13H15NO2/c1-2-3-8-16-11-4-5-12-10(9-11)6-7-14-13(12)15/h4-7,9H,2-3,8H2,1H3,(H,14,15). The molecule has 3 heteroatoms. The van der Waals surface area contributed by atoms with Crippen LogP contribution >= 0.6 is 0 Å². The summed E-state index contributed by atoms with van der Waals surface area (Å²) in [6, 6.07) is 7.42. The Hall–Kier alpha value is -1.77. The van der Waals surface area contributed by atoms with Crippen molar-refractivity contribution < 1.29 is 4.74 Å². The number of hydrogen-bond acceptors (Lipinski definition) is 2. The third-order valence-corrected chi connectivity index (χ3v) is 2.51. The van der Waals surface area contributed by atoms with E-state index in [0.29, 0.717) is 5.39 Å². The topological polar surface area (TPSA) is 42.1 Å². The van der Waals surface area contributed by atoms with Gasteiger partial charge in [0.2, 0.25) is 0 Å². The number of unbranched alkanes of at least 4 members (excludes halogenated alkanes) is 1. The molecule has 1 aromatic carbocycles. The van der Waals surface area contributed by atoms with Crippen LogP contribution in [0.2, 0.25) is 0 Å². The van der Waals surface area contributed by atoms with Gasteiger partial charge < -0.3 is 9.72 Å². The SMILES string of the molecule is CCCCOc1ccc2c(=O)[nH]ccc2c1. The molecule has 2 rings (SSSR count). The summed E-state index contributed by atoms with van der Waals surface area (Å²) in [5.41, 5.74) is -0.0578. The maximum atomic E-state index is 11.5. The predicted octanol–water partition coefficient (Wildman–Crippen LogP) is 2.71. The molecule has 0 aliphatic rings. The summed E-state index contributed by atoms with van der Waals surface area (Å²) in [6.07, 6.45) is 3.82. The van der Waals surface area contributed by atoms with Crippen molar-refractivity contribution in [2.45, 2.75) is 19.8 Å². The van der Waals surface area contributed by atoms with Crippen LogP contribution in [0.15, 0.2) is 35.3 Å². The lowest BCUT2D eigenvalue weighted by molar-refractivity contribution is 0.310. The summed E-state index contributed by atoms with van der Waals surface area (Å²) >= 11 is 0. The molecular formula is C13H15NO2. The number of pyridine rings is 1. The van der Waals surface area contributed by atoms with Gasteiger partial charge in [-0.1, -0.05) is 13.3 Å². The fourth-order valence-corrected chi connectivity index (χ4v) is 1.59. The molecule has 0 aliphatic carbocycles. The van der Waals surface area contributed by atoms with Gasteiger partial charge in [-0.15, -0.1) is 0 Å². The average molecular weight is 217 g/mol. The second-order valence-corrected chi connectivity index (χ2v) is 3.76. The fraction of sp³-hybridized carbons (Fsp3) is 0.308. The first-order valence-electron chi connectivity index (χ1n) is 5.55. The van der Waals surface area contributed by atoms with Crippen LogP contribution in [0.25, 0.3) is 10.8 Å². The third-order valence-electron chi connectivity index (χ3n) is 2.51. The molecule has 0 bridgehead atoms. The van der Waals surface area contributed by atoms with Gasteiger partial charge >= 0.3 is 0 Å². The van der Waals surface area contributed by atoms with Crippen LogP contribution in [-0.2, 0) is 0 Å². The molecule has 0 atom stereocenters. The van der Waals surface area contributed by atoms with E-state index in [2.05, 4.69) is 11.9 Å². The Labute approximate surface area is 94.1 Å². The molecule has 0 radical (unpaired) electrons. The zero-order chi connectivity index (χ0) is 11.4. The fourth-order valence-electron chi connectivity index (χ4n) is 1.59. The Morgan fingerprint density at radius 1 is 1.31 bits per heavy atom. The Morgan fingerprint density at radius 2 is 2.19 bits per heavy atom. The molecule has 0 aliphatic heterocycles. The smallest absolute Gasteiger partial charge is 0.255 e. The largest absolute Gasteiger partial charge is 0.494 e. The van der Waals surface area contributed by atoms with Crippen LogP contribution in [0.3, 0.4) is 0 Å². The molecule has 2 aromatic rings. The number of rotatable bonds is 4. The summed E-state index contributed by atoms with van der Waals surface area (Å²) in [5.74, 6) is 0.826. The lowest BCUT2D eigenvalue weighted by Gasteiger charge is -2.05. The summed E-state index contributed by atoms with van der Waals surface area (Å²) in [4.78, 5) is 14.1.